The van der Waals surface area contributed by atoms with Crippen molar-refractivity contribution in [2.45, 2.75) is 57.9 Å². The van der Waals surface area contributed by atoms with Gasteiger partial charge in [-0.25, -0.2) is 0 Å². The van der Waals surface area contributed by atoms with Crippen molar-refractivity contribution in [2.24, 2.45) is 10.9 Å². The summed E-state index contributed by atoms with van der Waals surface area (Å²) < 4.78 is 44.5. The standard InChI is InChI=1S/C20H30F3N3O2.HI/c1-3-24-19(26-16-8-5-7-15(11-16)20(21,22)23)25-12-17(27)13-28-18-9-4-6-14(2)10-18;/h4,6,9-10,15-17,27H,3,5,7-8,11-13H2,1-2H3,(H2,24,25,26);1H. The summed E-state index contributed by atoms with van der Waals surface area (Å²) in [6.07, 6.45) is -3.52. The summed E-state index contributed by atoms with van der Waals surface area (Å²) in [5.41, 5.74) is 1.06. The van der Waals surface area contributed by atoms with Gasteiger partial charge in [0.2, 0.25) is 0 Å². The minimum Gasteiger partial charge on any atom is -0.491 e. The number of rotatable bonds is 7. The number of aliphatic hydroxyl groups excluding tert-OH is 1. The third-order valence-electron chi connectivity index (χ3n) is 4.71. The predicted molar refractivity (Wildman–Crippen MR) is 119 cm³/mol. The number of benzene rings is 1. The van der Waals surface area contributed by atoms with E-state index in [-0.39, 0.29) is 56.0 Å². The van der Waals surface area contributed by atoms with E-state index in [9.17, 15) is 18.3 Å². The van der Waals surface area contributed by atoms with Crippen LogP contribution in [0.3, 0.4) is 0 Å². The predicted octanol–water partition coefficient (Wildman–Crippen LogP) is 4.03. The number of halogens is 4. The molecule has 0 radical (unpaired) electrons. The Balaban J connectivity index is 0.00000420. The number of aryl methyl sites for hydroxylation is 1. The Hall–Kier alpha value is -1.23. The summed E-state index contributed by atoms with van der Waals surface area (Å²) in [5, 5.41) is 16.2. The molecule has 0 saturated heterocycles. The molecule has 2 rings (SSSR count). The van der Waals surface area contributed by atoms with Crippen LogP contribution in [0, 0.1) is 12.8 Å². The fraction of sp³-hybridized carbons (Fsp3) is 0.650. The molecule has 3 unspecified atom stereocenters. The van der Waals surface area contributed by atoms with Crippen LogP contribution in [0.1, 0.15) is 38.2 Å². The van der Waals surface area contributed by atoms with Crippen molar-refractivity contribution in [3.8, 4) is 5.75 Å². The van der Waals surface area contributed by atoms with Gasteiger partial charge in [0, 0.05) is 12.6 Å². The first kappa shape index (κ1) is 25.8. The van der Waals surface area contributed by atoms with E-state index in [4.69, 9.17) is 4.74 Å². The summed E-state index contributed by atoms with van der Waals surface area (Å²) in [6, 6.07) is 7.24. The van der Waals surface area contributed by atoms with E-state index in [2.05, 4.69) is 15.6 Å². The van der Waals surface area contributed by atoms with E-state index in [1.54, 1.807) is 0 Å². The van der Waals surface area contributed by atoms with Crippen molar-refractivity contribution < 1.29 is 23.0 Å². The highest BCUT2D eigenvalue weighted by molar-refractivity contribution is 14.0. The first-order chi connectivity index (χ1) is 13.3. The number of aliphatic imine (C=N–C) groups is 1. The molecule has 166 valence electrons. The van der Waals surface area contributed by atoms with Gasteiger partial charge in [-0.2, -0.15) is 13.2 Å². The number of ether oxygens (including phenoxy) is 1. The Bertz CT molecular complexity index is 644. The maximum atomic E-state index is 13.0. The maximum absolute atomic E-state index is 13.0. The Labute approximate surface area is 187 Å². The van der Waals surface area contributed by atoms with Crippen molar-refractivity contribution in [3.05, 3.63) is 29.8 Å². The van der Waals surface area contributed by atoms with Crippen molar-refractivity contribution in [3.63, 3.8) is 0 Å². The summed E-state index contributed by atoms with van der Waals surface area (Å²) in [7, 11) is 0. The van der Waals surface area contributed by atoms with Gasteiger partial charge in [0.05, 0.1) is 12.5 Å². The third kappa shape index (κ3) is 9.41. The van der Waals surface area contributed by atoms with Gasteiger partial charge in [0.25, 0.3) is 0 Å². The van der Waals surface area contributed by atoms with Crippen molar-refractivity contribution in [2.75, 3.05) is 19.7 Å². The number of guanidine groups is 1. The lowest BCUT2D eigenvalue weighted by molar-refractivity contribution is -0.183. The van der Waals surface area contributed by atoms with E-state index in [1.165, 1.54) is 0 Å². The Kier molecular flexibility index (Phi) is 11.1. The van der Waals surface area contributed by atoms with Gasteiger partial charge in [-0.05, 0) is 50.8 Å². The van der Waals surface area contributed by atoms with Crippen LogP contribution in [0.25, 0.3) is 0 Å². The molecular weight excluding hydrogens is 498 g/mol. The number of nitrogens with one attached hydrogen (secondary N) is 2. The molecule has 0 bridgehead atoms. The molecule has 1 saturated carbocycles. The molecule has 0 amide bonds. The van der Waals surface area contributed by atoms with Gasteiger partial charge in [-0.1, -0.05) is 18.6 Å². The third-order valence-corrected chi connectivity index (χ3v) is 4.71. The van der Waals surface area contributed by atoms with E-state index in [0.29, 0.717) is 31.1 Å². The molecule has 1 aromatic carbocycles. The minimum absolute atomic E-state index is 0. The van der Waals surface area contributed by atoms with Crippen LogP contribution in [0.2, 0.25) is 0 Å². The zero-order chi connectivity index (χ0) is 20.6. The SMILES string of the molecule is CCNC(=NCC(O)COc1cccc(C)c1)NC1CCCC(C(F)(F)F)C1.I. The summed E-state index contributed by atoms with van der Waals surface area (Å²) in [4.78, 5) is 4.31. The molecule has 3 N–H and O–H groups in total. The van der Waals surface area contributed by atoms with Crippen molar-refractivity contribution in [1.82, 2.24) is 10.6 Å². The number of hydrogen-bond acceptors (Lipinski definition) is 3. The average Bonchev–Trinajstić information content (AvgIpc) is 2.64. The Morgan fingerprint density at radius 2 is 2.10 bits per heavy atom. The zero-order valence-electron chi connectivity index (χ0n) is 16.8. The molecule has 0 spiro atoms. The second-order valence-corrected chi connectivity index (χ2v) is 7.25. The molecule has 1 aliphatic rings. The second kappa shape index (κ2) is 12.5. The van der Waals surface area contributed by atoms with Gasteiger partial charge in [-0.3, -0.25) is 4.99 Å². The van der Waals surface area contributed by atoms with Gasteiger partial charge in [0.15, 0.2) is 5.96 Å². The molecule has 3 atom stereocenters. The molecule has 9 heteroatoms. The van der Waals surface area contributed by atoms with E-state index in [1.807, 2.05) is 38.1 Å². The van der Waals surface area contributed by atoms with Crippen LogP contribution < -0.4 is 15.4 Å². The molecule has 5 nitrogen and oxygen atoms in total. The van der Waals surface area contributed by atoms with E-state index in [0.717, 1.165) is 5.56 Å². The molecule has 0 aromatic heterocycles. The zero-order valence-corrected chi connectivity index (χ0v) is 19.2. The highest BCUT2D eigenvalue weighted by atomic mass is 127. The summed E-state index contributed by atoms with van der Waals surface area (Å²) in [5.74, 6) is -0.173. The largest absolute Gasteiger partial charge is 0.491 e. The fourth-order valence-corrected chi connectivity index (χ4v) is 3.28. The lowest BCUT2D eigenvalue weighted by Gasteiger charge is -2.32. The highest BCUT2D eigenvalue weighted by Crippen LogP contribution is 2.37. The van der Waals surface area contributed by atoms with Gasteiger partial charge < -0.3 is 20.5 Å². The highest BCUT2D eigenvalue weighted by Gasteiger charge is 2.42. The Morgan fingerprint density at radius 1 is 1.34 bits per heavy atom. The number of hydrogen-bond donors (Lipinski definition) is 3. The number of aliphatic hydroxyl groups is 1. The van der Waals surface area contributed by atoms with E-state index < -0.39 is 18.2 Å². The molecule has 0 aliphatic heterocycles. The topological polar surface area (TPSA) is 65.9 Å². The molecule has 1 fully saturated rings. The summed E-state index contributed by atoms with van der Waals surface area (Å²) in [6.45, 7) is 4.60. The number of nitrogens with zero attached hydrogens (tertiary/aromatic N) is 1. The number of alkyl halides is 3. The smallest absolute Gasteiger partial charge is 0.391 e. The van der Waals surface area contributed by atoms with Crippen LogP contribution in [0.15, 0.2) is 29.3 Å². The van der Waals surface area contributed by atoms with Crippen LogP contribution in [0.4, 0.5) is 13.2 Å². The average molecular weight is 529 g/mol. The summed E-state index contributed by atoms with van der Waals surface area (Å²) >= 11 is 0. The minimum atomic E-state index is -4.15. The first-order valence-electron chi connectivity index (χ1n) is 9.77. The van der Waals surface area contributed by atoms with Crippen LogP contribution in [-0.2, 0) is 0 Å². The van der Waals surface area contributed by atoms with Gasteiger partial charge >= 0.3 is 6.18 Å². The maximum Gasteiger partial charge on any atom is 0.391 e. The first-order valence-corrected chi connectivity index (χ1v) is 9.77. The molecule has 29 heavy (non-hydrogen) atoms. The normalized spacial score (nSPS) is 21.1. The van der Waals surface area contributed by atoms with Crippen LogP contribution in [0.5, 0.6) is 5.75 Å². The Morgan fingerprint density at radius 3 is 2.76 bits per heavy atom. The quantitative estimate of drug-likeness (QED) is 0.284. The molecule has 1 aromatic rings. The van der Waals surface area contributed by atoms with Gasteiger partial charge in [-0.15, -0.1) is 24.0 Å². The van der Waals surface area contributed by atoms with E-state index >= 15 is 0 Å². The van der Waals surface area contributed by atoms with Crippen LogP contribution >= 0.6 is 24.0 Å². The monoisotopic (exact) mass is 529 g/mol. The fourth-order valence-electron chi connectivity index (χ4n) is 3.28. The molecular formula is C20H31F3IN3O2. The van der Waals surface area contributed by atoms with Crippen molar-refractivity contribution in [1.29, 1.82) is 0 Å². The molecule has 0 heterocycles. The second-order valence-electron chi connectivity index (χ2n) is 7.25. The molecule has 1 aliphatic carbocycles. The lowest BCUT2D eigenvalue weighted by atomic mass is 9.85. The lowest BCUT2D eigenvalue weighted by Crippen LogP contribution is -2.47. The van der Waals surface area contributed by atoms with Crippen LogP contribution in [-0.4, -0.2) is 49.1 Å². The van der Waals surface area contributed by atoms with Gasteiger partial charge in [0.1, 0.15) is 18.5 Å². The van der Waals surface area contributed by atoms with Crippen molar-refractivity contribution >= 4 is 29.9 Å².